The molecule has 1 aliphatic carbocycles. The number of ketones is 1. The minimum absolute atomic E-state index is 0.0259. The molecule has 10 heteroatoms. The van der Waals surface area contributed by atoms with Gasteiger partial charge in [0.05, 0.1) is 21.3 Å². The molecular formula is C20H22F3N3O3S. The van der Waals surface area contributed by atoms with Gasteiger partial charge in [-0.05, 0) is 31.7 Å². The number of rotatable bonds is 5. The molecule has 2 aromatic rings. The Balaban J connectivity index is 1.48. The Labute approximate surface area is 175 Å². The first-order valence-corrected chi connectivity index (χ1v) is 10.8. The normalized spacial score (nSPS) is 17.9. The van der Waals surface area contributed by atoms with Gasteiger partial charge < -0.3 is 15.0 Å². The third-order valence-corrected chi connectivity index (χ3v) is 6.47. The van der Waals surface area contributed by atoms with E-state index in [9.17, 15) is 22.8 Å². The second kappa shape index (κ2) is 8.05. The molecule has 2 aliphatic rings. The number of alkyl carbamates (subject to hydrolysis) is 1. The van der Waals surface area contributed by atoms with Gasteiger partial charge in [0.25, 0.3) is 0 Å². The second-order valence-corrected chi connectivity index (χ2v) is 8.70. The average Bonchev–Trinajstić information content (AvgIpc) is 3.42. The summed E-state index contributed by atoms with van der Waals surface area (Å²) in [5.74, 6) is 0.427. The number of anilines is 1. The van der Waals surface area contributed by atoms with Gasteiger partial charge in [-0.2, -0.15) is 13.2 Å². The summed E-state index contributed by atoms with van der Waals surface area (Å²) in [4.78, 5) is 29.8. The van der Waals surface area contributed by atoms with E-state index in [0.717, 1.165) is 30.2 Å². The van der Waals surface area contributed by atoms with Crippen molar-refractivity contribution in [3.63, 3.8) is 0 Å². The molecule has 6 nitrogen and oxygen atoms in total. The molecule has 30 heavy (non-hydrogen) atoms. The fraction of sp³-hybridized carbons (Fsp3) is 0.550. The van der Waals surface area contributed by atoms with Crippen LogP contribution in [0.4, 0.5) is 23.8 Å². The molecule has 4 rings (SSSR count). The zero-order chi connectivity index (χ0) is 21.5. The Hall–Kier alpha value is -2.36. The average molecular weight is 441 g/mol. The standard InChI is InChI=1S/C20H22F3N3O3S/c1-11(27)14-10-30-18-15(20(21,22)23)8-16(25-17(14)18)26-6-4-13(5-7-26)29-19(28)24-9-12-2-3-12/h8,10,12-13H,2-7,9H2,1H3,(H,24,28). The number of carbonyl (C=O) groups excluding carboxylic acids is 2. The van der Waals surface area contributed by atoms with Crippen molar-refractivity contribution in [3.05, 3.63) is 22.6 Å². The van der Waals surface area contributed by atoms with E-state index >= 15 is 0 Å². The number of nitrogens with one attached hydrogen (secondary N) is 1. The Morgan fingerprint density at radius 2 is 1.97 bits per heavy atom. The number of piperidine rings is 1. The number of pyridine rings is 1. The molecule has 1 amide bonds. The summed E-state index contributed by atoms with van der Waals surface area (Å²) in [6.45, 7) is 2.77. The summed E-state index contributed by atoms with van der Waals surface area (Å²) in [5, 5.41) is 4.18. The van der Waals surface area contributed by atoms with Crippen LogP contribution in [0.25, 0.3) is 10.2 Å². The predicted molar refractivity (Wildman–Crippen MR) is 107 cm³/mol. The molecule has 2 fully saturated rings. The summed E-state index contributed by atoms with van der Waals surface area (Å²) in [6, 6.07) is 1.05. The van der Waals surface area contributed by atoms with Gasteiger partial charge in [0.1, 0.15) is 11.9 Å². The summed E-state index contributed by atoms with van der Waals surface area (Å²) >= 11 is 0.883. The number of ether oxygens (including phenoxy) is 1. The topological polar surface area (TPSA) is 71.5 Å². The number of nitrogens with zero attached hydrogens (tertiary/aromatic N) is 2. The lowest BCUT2D eigenvalue weighted by Gasteiger charge is -2.32. The van der Waals surface area contributed by atoms with E-state index in [1.54, 1.807) is 4.90 Å². The molecule has 3 heterocycles. The van der Waals surface area contributed by atoms with Gasteiger partial charge in [0.2, 0.25) is 0 Å². The number of aromatic nitrogens is 1. The summed E-state index contributed by atoms with van der Waals surface area (Å²) < 4.78 is 46.3. The number of hydrogen-bond acceptors (Lipinski definition) is 6. The lowest BCUT2D eigenvalue weighted by molar-refractivity contribution is -0.136. The number of amides is 1. The van der Waals surface area contributed by atoms with Crippen molar-refractivity contribution in [3.8, 4) is 0 Å². The summed E-state index contributed by atoms with van der Waals surface area (Å²) in [5.41, 5.74) is -0.485. The van der Waals surface area contributed by atoms with E-state index in [1.807, 2.05) is 0 Å². The van der Waals surface area contributed by atoms with Gasteiger partial charge in [-0.1, -0.05) is 0 Å². The number of fused-ring (bicyclic) bond motifs is 1. The largest absolute Gasteiger partial charge is 0.446 e. The molecule has 0 aromatic carbocycles. The molecule has 0 radical (unpaired) electrons. The lowest BCUT2D eigenvalue weighted by Crippen LogP contribution is -2.40. The second-order valence-electron chi connectivity index (χ2n) is 7.83. The van der Waals surface area contributed by atoms with E-state index in [4.69, 9.17) is 4.74 Å². The monoisotopic (exact) mass is 441 g/mol. The Morgan fingerprint density at radius 3 is 2.57 bits per heavy atom. The van der Waals surface area contributed by atoms with E-state index in [2.05, 4.69) is 10.3 Å². The fourth-order valence-electron chi connectivity index (χ4n) is 3.56. The van der Waals surface area contributed by atoms with Gasteiger partial charge in [0, 0.05) is 37.9 Å². The zero-order valence-corrected chi connectivity index (χ0v) is 17.2. The molecule has 162 valence electrons. The number of Topliss-reactive ketones (excluding diaryl/α,β-unsaturated/α-hetero) is 1. The fourth-order valence-corrected chi connectivity index (χ4v) is 4.65. The molecule has 1 saturated carbocycles. The van der Waals surface area contributed by atoms with Gasteiger partial charge in [-0.15, -0.1) is 11.3 Å². The first kappa shape index (κ1) is 20.9. The molecule has 0 spiro atoms. The maximum atomic E-state index is 13.6. The van der Waals surface area contributed by atoms with Crippen LogP contribution in [0.1, 0.15) is 48.5 Å². The molecule has 1 saturated heterocycles. The molecule has 1 aliphatic heterocycles. The third kappa shape index (κ3) is 4.53. The minimum Gasteiger partial charge on any atom is -0.446 e. The molecule has 0 bridgehead atoms. The highest BCUT2D eigenvalue weighted by Gasteiger charge is 2.36. The summed E-state index contributed by atoms with van der Waals surface area (Å²) in [7, 11) is 0. The van der Waals surface area contributed by atoms with Crippen molar-refractivity contribution in [1.82, 2.24) is 10.3 Å². The maximum Gasteiger partial charge on any atom is 0.417 e. The Bertz CT molecular complexity index is 963. The van der Waals surface area contributed by atoms with Crippen molar-refractivity contribution in [2.45, 2.75) is 44.9 Å². The van der Waals surface area contributed by atoms with Crippen molar-refractivity contribution >= 4 is 39.2 Å². The smallest absolute Gasteiger partial charge is 0.417 e. The molecule has 1 N–H and O–H groups in total. The minimum atomic E-state index is -4.55. The van der Waals surface area contributed by atoms with E-state index < -0.39 is 17.8 Å². The van der Waals surface area contributed by atoms with Gasteiger partial charge >= 0.3 is 12.3 Å². The van der Waals surface area contributed by atoms with Crippen LogP contribution in [0.15, 0.2) is 11.4 Å². The Kier molecular flexibility index (Phi) is 5.61. The maximum absolute atomic E-state index is 13.6. The highest BCUT2D eigenvalue weighted by molar-refractivity contribution is 7.17. The highest BCUT2D eigenvalue weighted by Crippen LogP contribution is 2.40. The van der Waals surface area contributed by atoms with Crippen LogP contribution < -0.4 is 10.2 Å². The van der Waals surface area contributed by atoms with Crippen LogP contribution >= 0.6 is 11.3 Å². The number of alkyl halides is 3. The van der Waals surface area contributed by atoms with E-state index in [1.165, 1.54) is 12.3 Å². The van der Waals surface area contributed by atoms with Crippen LogP contribution in [0, 0.1) is 5.92 Å². The van der Waals surface area contributed by atoms with Crippen LogP contribution in [0.5, 0.6) is 0 Å². The first-order chi connectivity index (χ1) is 14.2. The van der Waals surface area contributed by atoms with Crippen molar-refractivity contribution in [2.75, 3.05) is 24.5 Å². The van der Waals surface area contributed by atoms with Crippen molar-refractivity contribution in [1.29, 1.82) is 0 Å². The SMILES string of the molecule is CC(=O)c1csc2c(C(F)(F)F)cc(N3CCC(OC(=O)NCC4CC4)CC3)nc12. The van der Waals surface area contributed by atoms with Crippen LogP contribution in [0.3, 0.4) is 0 Å². The van der Waals surface area contributed by atoms with Crippen LogP contribution in [-0.4, -0.2) is 42.6 Å². The lowest BCUT2D eigenvalue weighted by atomic mass is 10.1. The number of hydrogen-bond donors (Lipinski definition) is 1. The quantitative estimate of drug-likeness (QED) is 0.686. The summed E-state index contributed by atoms with van der Waals surface area (Å²) in [6.07, 6.45) is -2.00. The number of thiophene rings is 1. The highest BCUT2D eigenvalue weighted by atomic mass is 32.1. The molecular weight excluding hydrogens is 419 g/mol. The third-order valence-electron chi connectivity index (χ3n) is 5.47. The number of halogens is 3. The van der Waals surface area contributed by atoms with Gasteiger partial charge in [-0.3, -0.25) is 4.79 Å². The van der Waals surface area contributed by atoms with E-state index in [-0.39, 0.29) is 33.5 Å². The van der Waals surface area contributed by atoms with Gasteiger partial charge in [-0.25, -0.2) is 9.78 Å². The van der Waals surface area contributed by atoms with Crippen LogP contribution in [-0.2, 0) is 10.9 Å². The molecule has 2 aromatic heterocycles. The predicted octanol–water partition coefficient (Wildman–Crippen LogP) is 4.62. The van der Waals surface area contributed by atoms with Crippen molar-refractivity contribution < 1.29 is 27.5 Å². The van der Waals surface area contributed by atoms with Crippen molar-refractivity contribution in [2.24, 2.45) is 5.92 Å². The van der Waals surface area contributed by atoms with Gasteiger partial charge in [0.15, 0.2) is 5.78 Å². The molecule has 0 atom stereocenters. The Morgan fingerprint density at radius 1 is 1.27 bits per heavy atom. The first-order valence-electron chi connectivity index (χ1n) is 9.92. The molecule has 0 unspecified atom stereocenters. The zero-order valence-electron chi connectivity index (χ0n) is 16.4. The van der Waals surface area contributed by atoms with Crippen LogP contribution in [0.2, 0.25) is 0 Å². The van der Waals surface area contributed by atoms with E-state index in [0.29, 0.717) is 38.4 Å². The number of carbonyl (C=O) groups is 2.